The number of benzene rings is 1. The van der Waals surface area contributed by atoms with Crippen molar-refractivity contribution in [2.75, 3.05) is 0 Å². The Labute approximate surface area is 217 Å². The molecule has 2 N–H and O–H groups in total. The van der Waals surface area contributed by atoms with Crippen LogP contribution in [0.5, 0.6) is 0 Å². The van der Waals surface area contributed by atoms with Crippen LogP contribution in [0.2, 0.25) is 0 Å². The molecule has 0 heterocycles. The van der Waals surface area contributed by atoms with E-state index in [1.54, 1.807) is 31.7 Å². The fourth-order valence-corrected chi connectivity index (χ4v) is 4.23. The smallest absolute Gasteiger partial charge is 0.408 e. The van der Waals surface area contributed by atoms with Crippen LogP contribution in [0.1, 0.15) is 92.3 Å². The molecule has 1 aliphatic rings. The van der Waals surface area contributed by atoms with Gasteiger partial charge in [-0.15, -0.1) is 0 Å². The zero-order valence-corrected chi connectivity index (χ0v) is 23.5. The first-order valence-electron chi connectivity index (χ1n) is 12.9. The van der Waals surface area contributed by atoms with Crippen molar-refractivity contribution < 1.29 is 19.1 Å². The maximum absolute atomic E-state index is 14.2. The lowest BCUT2D eigenvalue weighted by atomic mass is 9.97. The van der Waals surface area contributed by atoms with Crippen molar-refractivity contribution in [1.82, 2.24) is 15.5 Å². The molecule has 36 heavy (non-hydrogen) atoms. The second-order valence-corrected chi connectivity index (χ2v) is 12.4. The molecule has 4 atom stereocenters. The normalized spacial score (nSPS) is 19.2. The molecule has 2 rings (SSSR count). The summed E-state index contributed by atoms with van der Waals surface area (Å²) in [5, 5.41) is 5.87. The summed E-state index contributed by atoms with van der Waals surface area (Å²) in [6, 6.07) is 5.77. The van der Waals surface area contributed by atoms with Gasteiger partial charge in [0.1, 0.15) is 17.7 Å². The Morgan fingerprint density at radius 1 is 1.17 bits per heavy atom. The van der Waals surface area contributed by atoms with Crippen molar-refractivity contribution in [2.45, 2.75) is 104 Å². The molecule has 0 aromatic heterocycles. The van der Waals surface area contributed by atoms with Gasteiger partial charge in [-0.05, 0) is 83.4 Å². The van der Waals surface area contributed by atoms with Crippen LogP contribution >= 0.6 is 0 Å². The predicted molar refractivity (Wildman–Crippen MR) is 144 cm³/mol. The van der Waals surface area contributed by atoms with Gasteiger partial charge in [-0.2, -0.15) is 0 Å². The highest BCUT2D eigenvalue weighted by Gasteiger charge is 2.48. The number of hydrogen-bond donors (Lipinski definition) is 2. The number of hydrogen-bond acceptors (Lipinski definition) is 4. The Hall–Kier alpha value is -2.83. The minimum atomic E-state index is -0.846. The zero-order chi connectivity index (χ0) is 27.4. The summed E-state index contributed by atoms with van der Waals surface area (Å²) >= 11 is 0. The van der Waals surface area contributed by atoms with Crippen LogP contribution < -0.4 is 10.6 Å². The largest absolute Gasteiger partial charge is 0.444 e. The van der Waals surface area contributed by atoms with Gasteiger partial charge in [0.25, 0.3) is 0 Å². The van der Waals surface area contributed by atoms with Crippen LogP contribution in [-0.4, -0.2) is 46.0 Å². The summed E-state index contributed by atoms with van der Waals surface area (Å²) in [5.41, 5.74) is 0.395. The number of ether oxygens (including phenoxy) is 1. The van der Waals surface area contributed by atoms with Crippen LogP contribution in [0.3, 0.4) is 0 Å². The average molecular weight is 500 g/mol. The molecular formula is C29H45N3O4. The Morgan fingerprint density at radius 3 is 2.25 bits per heavy atom. The van der Waals surface area contributed by atoms with E-state index in [1.165, 1.54) is 0 Å². The van der Waals surface area contributed by atoms with Gasteiger partial charge in [-0.25, -0.2) is 4.79 Å². The monoisotopic (exact) mass is 499 g/mol. The lowest BCUT2D eigenvalue weighted by molar-refractivity contribution is -0.144. The van der Waals surface area contributed by atoms with E-state index in [4.69, 9.17) is 4.74 Å². The van der Waals surface area contributed by atoms with Crippen LogP contribution in [0.4, 0.5) is 4.79 Å². The fourth-order valence-electron chi connectivity index (χ4n) is 4.23. The highest BCUT2D eigenvalue weighted by atomic mass is 16.6. The van der Waals surface area contributed by atoms with Crippen molar-refractivity contribution in [3.8, 4) is 0 Å². The number of rotatable bonds is 9. The molecule has 1 saturated carbocycles. The SMILES string of the molecule is C=Cc1cccc(C(C(=O)NC(C)(C)C)N(C(=O)C(CC(C)C)NC(=O)OC(C)(C)C)C2CC2C)c1. The summed E-state index contributed by atoms with van der Waals surface area (Å²) in [6.07, 6.45) is 2.30. The highest BCUT2D eigenvalue weighted by molar-refractivity contribution is 5.93. The van der Waals surface area contributed by atoms with Gasteiger partial charge in [0.2, 0.25) is 11.8 Å². The van der Waals surface area contributed by atoms with Gasteiger partial charge in [0.15, 0.2) is 0 Å². The molecule has 200 valence electrons. The highest BCUT2D eigenvalue weighted by Crippen LogP contribution is 2.41. The molecule has 0 spiro atoms. The first-order chi connectivity index (χ1) is 16.5. The van der Waals surface area contributed by atoms with E-state index in [-0.39, 0.29) is 29.7 Å². The van der Waals surface area contributed by atoms with Crippen molar-refractivity contribution in [3.05, 3.63) is 42.0 Å². The number of amides is 3. The van der Waals surface area contributed by atoms with Gasteiger partial charge in [-0.1, -0.05) is 51.6 Å². The Kier molecular flexibility index (Phi) is 9.38. The molecule has 1 fully saturated rings. The van der Waals surface area contributed by atoms with E-state index in [1.807, 2.05) is 58.9 Å². The van der Waals surface area contributed by atoms with E-state index in [2.05, 4.69) is 24.1 Å². The maximum atomic E-state index is 14.2. The summed E-state index contributed by atoms with van der Waals surface area (Å²) in [6.45, 7) is 21.0. The zero-order valence-electron chi connectivity index (χ0n) is 23.5. The maximum Gasteiger partial charge on any atom is 0.408 e. The number of nitrogens with one attached hydrogen (secondary N) is 2. The first-order valence-corrected chi connectivity index (χ1v) is 12.9. The standard InChI is InChI=1S/C29H45N3O4/c1-11-20-13-12-14-21(17-20)24(25(33)31-28(5,6)7)32(23-16-19(23)4)26(34)22(15-18(2)3)30-27(35)36-29(8,9)10/h11-14,17-19,22-24H,1,15-16H2,2-10H3,(H,30,35)(H,31,33). The van der Waals surface area contributed by atoms with Gasteiger partial charge in [0.05, 0.1) is 0 Å². The van der Waals surface area contributed by atoms with Crippen LogP contribution in [0.15, 0.2) is 30.8 Å². The lowest BCUT2D eigenvalue weighted by Crippen LogP contribution is -2.55. The van der Waals surface area contributed by atoms with Crippen molar-refractivity contribution in [2.24, 2.45) is 11.8 Å². The molecule has 3 amide bonds. The van der Waals surface area contributed by atoms with Crippen LogP contribution in [0, 0.1) is 11.8 Å². The third-order valence-corrected chi connectivity index (χ3v) is 5.86. The average Bonchev–Trinajstić information content (AvgIpc) is 3.43. The number of carbonyl (C=O) groups is 3. The first kappa shape index (κ1) is 29.4. The summed E-state index contributed by atoms with van der Waals surface area (Å²) in [4.78, 5) is 42.3. The second kappa shape index (κ2) is 11.5. The molecule has 1 aliphatic carbocycles. The van der Waals surface area contributed by atoms with Gasteiger partial charge >= 0.3 is 6.09 Å². The summed E-state index contributed by atoms with van der Waals surface area (Å²) in [5.74, 6) is -0.139. The van der Waals surface area contributed by atoms with E-state index in [0.29, 0.717) is 12.0 Å². The molecule has 1 aromatic rings. The number of alkyl carbamates (subject to hydrolysis) is 1. The van der Waals surface area contributed by atoms with Gasteiger partial charge < -0.3 is 20.3 Å². The Morgan fingerprint density at radius 2 is 1.78 bits per heavy atom. The summed E-state index contributed by atoms with van der Waals surface area (Å²) < 4.78 is 5.45. The van der Waals surface area contributed by atoms with Crippen LogP contribution in [-0.2, 0) is 14.3 Å². The third-order valence-electron chi connectivity index (χ3n) is 5.86. The van der Waals surface area contributed by atoms with E-state index < -0.39 is 29.3 Å². The van der Waals surface area contributed by atoms with Crippen LogP contribution in [0.25, 0.3) is 6.08 Å². The Bertz CT molecular complexity index is 958. The molecule has 0 bridgehead atoms. The number of nitrogens with zero attached hydrogens (tertiary/aromatic N) is 1. The van der Waals surface area contributed by atoms with Crippen molar-refractivity contribution >= 4 is 24.0 Å². The molecule has 7 heteroatoms. The predicted octanol–water partition coefficient (Wildman–Crippen LogP) is 5.46. The topological polar surface area (TPSA) is 87.7 Å². The minimum Gasteiger partial charge on any atom is -0.444 e. The number of carbonyl (C=O) groups excluding carboxylic acids is 3. The third kappa shape index (κ3) is 8.68. The minimum absolute atomic E-state index is 0.101. The molecule has 0 aliphatic heterocycles. The second-order valence-electron chi connectivity index (χ2n) is 12.4. The molecule has 0 saturated heterocycles. The molecule has 7 nitrogen and oxygen atoms in total. The molecule has 1 aromatic carbocycles. The molecule has 4 unspecified atom stereocenters. The molecular weight excluding hydrogens is 454 g/mol. The van der Waals surface area contributed by atoms with E-state index in [0.717, 1.165) is 12.0 Å². The van der Waals surface area contributed by atoms with Gasteiger partial charge in [0, 0.05) is 11.6 Å². The van der Waals surface area contributed by atoms with E-state index >= 15 is 0 Å². The van der Waals surface area contributed by atoms with Crippen molar-refractivity contribution in [3.63, 3.8) is 0 Å². The van der Waals surface area contributed by atoms with E-state index in [9.17, 15) is 14.4 Å². The summed E-state index contributed by atoms with van der Waals surface area (Å²) in [7, 11) is 0. The fraction of sp³-hybridized carbons (Fsp3) is 0.621. The Balaban J connectivity index is 2.54. The molecule has 0 radical (unpaired) electrons. The quantitative estimate of drug-likeness (QED) is 0.472. The van der Waals surface area contributed by atoms with Gasteiger partial charge in [-0.3, -0.25) is 9.59 Å². The van der Waals surface area contributed by atoms with Crippen molar-refractivity contribution in [1.29, 1.82) is 0 Å². The lowest BCUT2D eigenvalue weighted by Gasteiger charge is -2.37.